The molecule has 2 aromatic carbocycles. The largest absolute Gasteiger partial charge is 0.494 e. The van der Waals surface area contributed by atoms with Crippen molar-refractivity contribution in [1.82, 2.24) is 0 Å². The van der Waals surface area contributed by atoms with Gasteiger partial charge in [-0.15, -0.1) is 0 Å². The van der Waals surface area contributed by atoms with Crippen LogP contribution in [0.1, 0.15) is 12.5 Å². The van der Waals surface area contributed by atoms with Crippen molar-refractivity contribution in [1.29, 1.82) is 0 Å². The van der Waals surface area contributed by atoms with Crippen molar-refractivity contribution < 1.29 is 9.47 Å². The van der Waals surface area contributed by atoms with Gasteiger partial charge in [0.1, 0.15) is 18.1 Å². The van der Waals surface area contributed by atoms with Crippen LogP contribution in [0.3, 0.4) is 0 Å². The molecule has 0 aliphatic rings. The third kappa shape index (κ3) is 3.42. The Hall–Kier alpha value is -2.16. The average molecular weight is 243 g/mol. The van der Waals surface area contributed by atoms with Gasteiger partial charge in [-0.3, -0.25) is 0 Å². The number of hydrogen-bond acceptors (Lipinski definition) is 3. The molecule has 2 rings (SSSR count). The quantitative estimate of drug-likeness (QED) is 0.820. The molecule has 94 valence electrons. The average Bonchev–Trinajstić information content (AvgIpc) is 2.37. The molecule has 0 bridgehead atoms. The number of rotatable bonds is 5. The molecule has 0 fully saturated rings. The summed E-state index contributed by atoms with van der Waals surface area (Å²) in [6.07, 6.45) is 0. The molecule has 3 heteroatoms. The molecule has 3 nitrogen and oxygen atoms in total. The predicted octanol–water partition coefficient (Wildman–Crippen LogP) is 3.25. The summed E-state index contributed by atoms with van der Waals surface area (Å²) < 4.78 is 11.1. The van der Waals surface area contributed by atoms with Gasteiger partial charge in [-0.2, -0.15) is 0 Å². The third-order valence-corrected chi connectivity index (χ3v) is 2.46. The zero-order chi connectivity index (χ0) is 12.8. The smallest absolute Gasteiger partial charge is 0.125 e. The first kappa shape index (κ1) is 12.3. The molecule has 0 aromatic heterocycles. The lowest BCUT2D eigenvalue weighted by Crippen LogP contribution is -1.98. The number of hydrogen-bond donors (Lipinski definition) is 1. The fraction of sp³-hybridized carbons (Fsp3) is 0.200. The molecule has 0 aliphatic heterocycles. The maximum absolute atomic E-state index is 5.80. The van der Waals surface area contributed by atoms with Crippen molar-refractivity contribution in [3.05, 3.63) is 54.1 Å². The molecular formula is C15H17NO2. The summed E-state index contributed by atoms with van der Waals surface area (Å²) in [5.41, 5.74) is 7.56. The highest BCUT2D eigenvalue weighted by atomic mass is 16.5. The number of ether oxygens (including phenoxy) is 2. The molecule has 0 saturated heterocycles. The molecule has 2 N–H and O–H groups in total. The minimum absolute atomic E-state index is 0.524. The zero-order valence-corrected chi connectivity index (χ0v) is 10.4. The summed E-state index contributed by atoms with van der Waals surface area (Å²) in [6, 6.07) is 15.4. The van der Waals surface area contributed by atoms with Crippen LogP contribution in [0.2, 0.25) is 0 Å². The van der Waals surface area contributed by atoms with Gasteiger partial charge in [0.05, 0.1) is 6.61 Å². The van der Waals surface area contributed by atoms with Gasteiger partial charge in [0.15, 0.2) is 0 Å². The van der Waals surface area contributed by atoms with Crippen molar-refractivity contribution in [2.24, 2.45) is 0 Å². The molecule has 2 aromatic rings. The molecule has 0 radical (unpaired) electrons. The molecule has 0 unspecified atom stereocenters. The summed E-state index contributed by atoms with van der Waals surface area (Å²) in [6.45, 7) is 3.07. The first-order chi connectivity index (χ1) is 8.78. The minimum atomic E-state index is 0.524. The van der Waals surface area contributed by atoms with Gasteiger partial charge >= 0.3 is 0 Å². The maximum atomic E-state index is 5.80. The lowest BCUT2D eigenvalue weighted by Gasteiger charge is -2.10. The molecule has 0 atom stereocenters. The van der Waals surface area contributed by atoms with Crippen LogP contribution in [0, 0.1) is 0 Å². The lowest BCUT2D eigenvalue weighted by molar-refractivity contribution is 0.300. The van der Waals surface area contributed by atoms with Crippen molar-refractivity contribution in [3.8, 4) is 11.5 Å². The Kier molecular flexibility index (Phi) is 4.07. The Morgan fingerprint density at radius 3 is 2.28 bits per heavy atom. The Morgan fingerprint density at radius 1 is 0.944 bits per heavy atom. The fourth-order valence-electron chi connectivity index (χ4n) is 1.67. The first-order valence-corrected chi connectivity index (χ1v) is 5.98. The molecular weight excluding hydrogens is 226 g/mol. The van der Waals surface area contributed by atoms with Crippen LogP contribution >= 0.6 is 0 Å². The van der Waals surface area contributed by atoms with Crippen molar-refractivity contribution in [3.63, 3.8) is 0 Å². The highest BCUT2D eigenvalue weighted by Gasteiger charge is 2.01. The van der Waals surface area contributed by atoms with E-state index in [-0.39, 0.29) is 0 Å². The van der Waals surface area contributed by atoms with E-state index < -0.39 is 0 Å². The van der Waals surface area contributed by atoms with E-state index in [2.05, 4.69) is 0 Å². The van der Waals surface area contributed by atoms with Crippen LogP contribution in [0.5, 0.6) is 11.5 Å². The highest BCUT2D eigenvalue weighted by molar-refractivity contribution is 5.50. The number of nitrogens with two attached hydrogens (primary N) is 1. The van der Waals surface area contributed by atoms with Gasteiger partial charge in [-0.1, -0.05) is 30.3 Å². The van der Waals surface area contributed by atoms with E-state index in [1.54, 1.807) is 12.1 Å². The molecule has 0 saturated carbocycles. The number of nitrogen functional groups attached to an aromatic ring is 1. The van der Waals surface area contributed by atoms with Crippen molar-refractivity contribution in [2.45, 2.75) is 13.5 Å². The van der Waals surface area contributed by atoms with Crippen LogP contribution in [-0.2, 0) is 6.61 Å². The normalized spacial score (nSPS) is 10.1. The second kappa shape index (κ2) is 5.96. The number of anilines is 1. The second-order valence-corrected chi connectivity index (χ2v) is 3.95. The van der Waals surface area contributed by atoms with E-state index in [0.717, 1.165) is 17.1 Å². The van der Waals surface area contributed by atoms with Crippen LogP contribution < -0.4 is 15.2 Å². The van der Waals surface area contributed by atoms with Gasteiger partial charge in [-0.25, -0.2) is 0 Å². The Labute approximate surface area is 107 Å². The minimum Gasteiger partial charge on any atom is -0.494 e. The van der Waals surface area contributed by atoms with Crippen LogP contribution in [-0.4, -0.2) is 6.61 Å². The van der Waals surface area contributed by atoms with Gasteiger partial charge < -0.3 is 15.2 Å². The fourth-order valence-corrected chi connectivity index (χ4v) is 1.67. The summed E-state index contributed by atoms with van der Waals surface area (Å²) in [7, 11) is 0. The van der Waals surface area contributed by atoms with E-state index in [4.69, 9.17) is 15.2 Å². The second-order valence-electron chi connectivity index (χ2n) is 3.95. The lowest BCUT2D eigenvalue weighted by atomic mass is 10.2. The Bertz CT molecular complexity index is 497. The maximum Gasteiger partial charge on any atom is 0.125 e. The predicted molar refractivity (Wildman–Crippen MR) is 72.8 cm³/mol. The van der Waals surface area contributed by atoms with E-state index in [1.165, 1.54) is 0 Å². The third-order valence-electron chi connectivity index (χ3n) is 2.46. The monoisotopic (exact) mass is 243 g/mol. The highest BCUT2D eigenvalue weighted by Crippen LogP contribution is 2.25. The van der Waals surface area contributed by atoms with Crippen molar-refractivity contribution in [2.75, 3.05) is 12.3 Å². The van der Waals surface area contributed by atoms with Gasteiger partial charge in [0.2, 0.25) is 0 Å². The summed E-state index contributed by atoms with van der Waals surface area (Å²) in [5.74, 6) is 1.46. The van der Waals surface area contributed by atoms with E-state index >= 15 is 0 Å². The van der Waals surface area contributed by atoms with E-state index in [1.807, 2.05) is 43.3 Å². The molecule has 0 amide bonds. The Morgan fingerprint density at radius 2 is 1.61 bits per heavy atom. The standard InChI is InChI=1S/C15H17NO2/c1-2-17-14-8-13(16)9-15(10-14)18-11-12-6-4-3-5-7-12/h3-10H,2,11,16H2,1H3. The molecule has 0 spiro atoms. The van der Waals surface area contributed by atoms with Gasteiger partial charge in [-0.05, 0) is 12.5 Å². The SMILES string of the molecule is CCOc1cc(N)cc(OCc2ccccc2)c1. The zero-order valence-electron chi connectivity index (χ0n) is 10.4. The summed E-state index contributed by atoms with van der Waals surface area (Å²) >= 11 is 0. The van der Waals surface area contributed by atoms with Gasteiger partial charge in [0.25, 0.3) is 0 Å². The van der Waals surface area contributed by atoms with E-state index in [0.29, 0.717) is 18.9 Å². The van der Waals surface area contributed by atoms with Crippen LogP contribution in [0.25, 0.3) is 0 Å². The topological polar surface area (TPSA) is 44.5 Å². The van der Waals surface area contributed by atoms with Gasteiger partial charge in [0, 0.05) is 23.9 Å². The van der Waals surface area contributed by atoms with E-state index in [9.17, 15) is 0 Å². The van der Waals surface area contributed by atoms with Crippen LogP contribution in [0.15, 0.2) is 48.5 Å². The Balaban J connectivity index is 2.05. The van der Waals surface area contributed by atoms with Crippen LogP contribution in [0.4, 0.5) is 5.69 Å². The molecule has 18 heavy (non-hydrogen) atoms. The molecule has 0 aliphatic carbocycles. The summed E-state index contributed by atoms with van der Waals surface area (Å²) in [5, 5.41) is 0. The first-order valence-electron chi connectivity index (χ1n) is 5.98. The molecule has 0 heterocycles. The van der Waals surface area contributed by atoms with Crippen molar-refractivity contribution >= 4 is 5.69 Å². The summed E-state index contributed by atoms with van der Waals surface area (Å²) in [4.78, 5) is 0. The number of benzene rings is 2.